The van der Waals surface area contributed by atoms with E-state index < -0.39 is 4.92 Å². The van der Waals surface area contributed by atoms with E-state index >= 15 is 0 Å². The largest absolute Gasteiger partial charge is 0.493 e. The average Bonchev–Trinajstić information content (AvgIpc) is 2.67. The number of benzene rings is 2. The highest BCUT2D eigenvalue weighted by atomic mass is 32.1. The monoisotopic (exact) mass is 371 g/mol. The summed E-state index contributed by atoms with van der Waals surface area (Å²) in [5.41, 5.74) is 2.62. The Morgan fingerprint density at radius 2 is 1.85 bits per heavy atom. The van der Waals surface area contributed by atoms with Gasteiger partial charge in [-0.1, -0.05) is 6.07 Å². The van der Waals surface area contributed by atoms with Gasteiger partial charge in [-0.3, -0.25) is 10.1 Å². The van der Waals surface area contributed by atoms with Crippen LogP contribution in [0, 0.1) is 10.1 Å². The number of nitrogens with one attached hydrogen (secondary N) is 1. The Hall–Kier alpha value is -3.00. The van der Waals surface area contributed by atoms with Gasteiger partial charge in [-0.05, 0) is 47.6 Å². The Kier molecular flexibility index (Phi) is 5.13. The van der Waals surface area contributed by atoms with Crippen LogP contribution >= 0.6 is 12.2 Å². The van der Waals surface area contributed by atoms with Crippen molar-refractivity contribution in [2.24, 2.45) is 4.99 Å². The topological polar surface area (TPSA) is 86.0 Å². The SMILES string of the molecule is COc1ccc(C2CC(c3ccc([N+](=O)[O-])cc3)=NC(=S)N2)cc1OC. The van der Waals surface area contributed by atoms with Gasteiger partial charge in [0.15, 0.2) is 16.6 Å². The summed E-state index contributed by atoms with van der Waals surface area (Å²) in [6.45, 7) is 0. The van der Waals surface area contributed by atoms with Crippen LogP contribution < -0.4 is 14.8 Å². The van der Waals surface area contributed by atoms with Crippen LogP contribution in [0.5, 0.6) is 11.5 Å². The molecule has 1 heterocycles. The number of non-ortho nitro benzene ring substituents is 1. The number of hydrogen-bond donors (Lipinski definition) is 1. The van der Waals surface area contributed by atoms with E-state index in [2.05, 4.69) is 10.3 Å². The van der Waals surface area contributed by atoms with Crippen molar-refractivity contribution in [2.75, 3.05) is 14.2 Å². The van der Waals surface area contributed by atoms with E-state index in [1.807, 2.05) is 18.2 Å². The van der Waals surface area contributed by atoms with E-state index in [0.717, 1.165) is 16.8 Å². The van der Waals surface area contributed by atoms with E-state index in [1.165, 1.54) is 12.1 Å². The number of thiocarbonyl (C=S) groups is 1. The van der Waals surface area contributed by atoms with Gasteiger partial charge in [-0.2, -0.15) is 0 Å². The first-order valence-corrected chi connectivity index (χ1v) is 8.27. The van der Waals surface area contributed by atoms with E-state index in [1.54, 1.807) is 26.4 Å². The molecule has 1 aliphatic heterocycles. The first-order chi connectivity index (χ1) is 12.5. The number of nitro benzene ring substituents is 1. The molecule has 0 saturated carbocycles. The molecule has 3 rings (SSSR count). The van der Waals surface area contributed by atoms with E-state index in [-0.39, 0.29) is 11.7 Å². The number of ether oxygens (including phenoxy) is 2. The van der Waals surface area contributed by atoms with Gasteiger partial charge in [0.1, 0.15) is 0 Å². The number of nitro groups is 1. The summed E-state index contributed by atoms with van der Waals surface area (Å²) < 4.78 is 10.6. The zero-order valence-corrected chi connectivity index (χ0v) is 15.1. The molecule has 1 atom stereocenters. The third-order valence-corrected chi connectivity index (χ3v) is 4.36. The van der Waals surface area contributed by atoms with Gasteiger partial charge in [0.25, 0.3) is 5.69 Å². The summed E-state index contributed by atoms with van der Waals surface area (Å²) in [5, 5.41) is 14.4. The number of nitrogens with zero attached hydrogens (tertiary/aromatic N) is 2. The molecule has 0 aromatic heterocycles. The van der Waals surface area contributed by atoms with Gasteiger partial charge in [0, 0.05) is 18.6 Å². The molecule has 0 fully saturated rings. The molecule has 134 valence electrons. The maximum absolute atomic E-state index is 10.8. The lowest BCUT2D eigenvalue weighted by Gasteiger charge is -2.25. The van der Waals surface area contributed by atoms with Crippen LogP contribution in [0.25, 0.3) is 0 Å². The zero-order valence-electron chi connectivity index (χ0n) is 14.3. The van der Waals surface area contributed by atoms with Gasteiger partial charge < -0.3 is 14.8 Å². The van der Waals surface area contributed by atoms with E-state index in [9.17, 15) is 10.1 Å². The molecule has 1 unspecified atom stereocenters. The molecule has 2 aromatic carbocycles. The molecular weight excluding hydrogens is 354 g/mol. The molecule has 0 bridgehead atoms. The molecule has 0 radical (unpaired) electrons. The molecule has 26 heavy (non-hydrogen) atoms. The molecule has 1 aliphatic rings. The van der Waals surface area contributed by atoms with Crippen LogP contribution in [-0.2, 0) is 0 Å². The smallest absolute Gasteiger partial charge is 0.269 e. The Labute approximate surface area is 155 Å². The van der Waals surface area contributed by atoms with Crippen LogP contribution in [0.4, 0.5) is 5.69 Å². The van der Waals surface area contributed by atoms with Crippen LogP contribution in [0.3, 0.4) is 0 Å². The van der Waals surface area contributed by atoms with Gasteiger partial charge in [-0.25, -0.2) is 4.99 Å². The second-order valence-electron chi connectivity index (χ2n) is 5.68. The third-order valence-electron chi connectivity index (χ3n) is 4.15. The van der Waals surface area contributed by atoms with Gasteiger partial charge in [0.2, 0.25) is 0 Å². The fourth-order valence-electron chi connectivity index (χ4n) is 2.82. The third kappa shape index (κ3) is 3.65. The lowest BCUT2D eigenvalue weighted by molar-refractivity contribution is -0.384. The van der Waals surface area contributed by atoms with Crippen LogP contribution in [0.2, 0.25) is 0 Å². The van der Waals surface area contributed by atoms with Crippen molar-refractivity contribution < 1.29 is 14.4 Å². The van der Waals surface area contributed by atoms with Crippen molar-refractivity contribution >= 4 is 28.7 Å². The molecule has 0 saturated heterocycles. The lowest BCUT2D eigenvalue weighted by Crippen LogP contribution is -2.33. The number of methoxy groups -OCH3 is 2. The highest BCUT2D eigenvalue weighted by Gasteiger charge is 2.23. The number of aliphatic imine (C=N–C) groups is 1. The Bertz CT molecular complexity index is 881. The molecule has 1 N–H and O–H groups in total. The second kappa shape index (κ2) is 7.49. The summed E-state index contributed by atoms with van der Waals surface area (Å²) in [7, 11) is 3.18. The maximum atomic E-state index is 10.8. The van der Waals surface area contributed by atoms with Crippen molar-refractivity contribution in [1.29, 1.82) is 0 Å². The van der Waals surface area contributed by atoms with Crippen LogP contribution in [0.1, 0.15) is 23.6 Å². The fraction of sp³-hybridized carbons (Fsp3) is 0.222. The minimum Gasteiger partial charge on any atom is -0.493 e. The van der Waals surface area contributed by atoms with Crippen molar-refractivity contribution in [3.8, 4) is 11.5 Å². The van der Waals surface area contributed by atoms with Crippen LogP contribution in [0.15, 0.2) is 47.5 Å². The second-order valence-corrected chi connectivity index (χ2v) is 6.07. The summed E-state index contributed by atoms with van der Waals surface area (Å²) >= 11 is 5.27. The minimum atomic E-state index is -0.426. The molecule has 0 aliphatic carbocycles. The van der Waals surface area contributed by atoms with Crippen molar-refractivity contribution in [3.05, 3.63) is 63.7 Å². The maximum Gasteiger partial charge on any atom is 0.269 e. The van der Waals surface area contributed by atoms with Crippen molar-refractivity contribution in [1.82, 2.24) is 5.32 Å². The first kappa shape index (κ1) is 17.8. The molecule has 0 spiro atoms. The number of rotatable bonds is 5. The summed E-state index contributed by atoms with van der Waals surface area (Å²) in [4.78, 5) is 14.8. The zero-order chi connectivity index (χ0) is 18.7. The predicted octanol–water partition coefficient (Wildman–Crippen LogP) is 3.42. The fourth-order valence-corrected chi connectivity index (χ4v) is 3.08. The minimum absolute atomic E-state index is 0.0438. The summed E-state index contributed by atoms with van der Waals surface area (Å²) in [5.74, 6) is 1.29. The molecule has 0 amide bonds. The highest BCUT2D eigenvalue weighted by Crippen LogP contribution is 2.32. The molecular formula is C18H17N3O4S. The summed E-state index contributed by atoms with van der Waals surface area (Å²) in [6, 6.07) is 11.9. The van der Waals surface area contributed by atoms with Crippen LogP contribution in [-0.4, -0.2) is 30.0 Å². The van der Waals surface area contributed by atoms with E-state index in [4.69, 9.17) is 21.7 Å². The molecule has 8 heteroatoms. The number of hydrogen-bond acceptors (Lipinski definition) is 5. The Balaban J connectivity index is 1.88. The van der Waals surface area contributed by atoms with Gasteiger partial charge >= 0.3 is 0 Å². The average molecular weight is 371 g/mol. The van der Waals surface area contributed by atoms with Crippen molar-refractivity contribution in [2.45, 2.75) is 12.5 Å². The Morgan fingerprint density at radius 3 is 2.46 bits per heavy atom. The van der Waals surface area contributed by atoms with Crippen molar-refractivity contribution in [3.63, 3.8) is 0 Å². The predicted molar refractivity (Wildman–Crippen MR) is 102 cm³/mol. The summed E-state index contributed by atoms with van der Waals surface area (Å²) in [6.07, 6.45) is 0.591. The van der Waals surface area contributed by atoms with E-state index in [0.29, 0.717) is 23.0 Å². The lowest BCUT2D eigenvalue weighted by atomic mass is 9.95. The first-order valence-electron chi connectivity index (χ1n) is 7.86. The normalized spacial score (nSPS) is 16.5. The molecule has 2 aromatic rings. The van der Waals surface area contributed by atoms with Gasteiger partial charge in [-0.15, -0.1) is 0 Å². The Morgan fingerprint density at radius 1 is 1.15 bits per heavy atom. The quantitative estimate of drug-likeness (QED) is 0.492. The standard InChI is InChI=1S/C18H17N3O4S/c1-24-16-8-5-12(9-17(16)25-2)15-10-14(19-18(26)20-15)11-3-6-13(7-4-11)21(22)23/h3-9,15H,10H2,1-2H3,(H,20,26). The van der Waals surface area contributed by atoms with Gasteiger partial charge in [0.05, 0.1) is 30.9 Å². The molecule has 7 nitrogen and oxygen atoms in total. The highest BCUT2D eigenvalue weighted by molar-refractivity contribution is 7.80.